The van der Waals surface area contributed by atoms with Gasteiger partial charge in [-0.05, 0) is 12.1 Å². The summed E-state index contributed by atoms with van der Waals surface area (Å²) in [7, 11) is 2.65. The molecule has 1 aromatic rings. The number of methoxy groups -OCH3 is 2. The largest absolute Gasteiger partial charge is 0.502 e. The number of ether oxygens (including phenoxy) is 2. The molecule has 0 spiro atoms. The average Bonchev–Trinajstić information content (AvgIpc) is 2.37. The third-order valence-corrected chi connectivity index (χ3v) is 2.24. The van der Waals surface area contributed by atoms with Crippen molar-refractivity contribution >= 4 is 5.78 Å². The lowest BCUT2D eigenvalue weighted by molar-refractivity contribution is 0.0587. The van der Waals surface area contributed by atoms with Gasteiger partial charge in [0.1, 0.15) is 6.10 Å². The molecule has 0 saturated heterocycles. The van der Waals surface area contributed by atoms with Gasteiger partial charge in [0, 0.05) is 5.56 Å². The monoisotopic (exact) mass is 242 g/mol. The van der Waals surface area contributed by atoms with E-state index in [1.54, 1.807) is 0 Å². The van der Waals surface area contributed by atoms with Crippen LogP contribution in [-0.2, 0) is 0 Å². The van der Waals surface area contributed by atoms with E-state index in [-0.39, 0.29) is 22.8 Å². The van der Waals surface area contributed by atoms with Gasteiger partial charge in [-0.15, -0.1) is 0 Å². The fourth-order valence-electron chi connectivity index (χ4n) is 1.31. The van der Waals surface area contributed by atoms with Gasteiger partial charge in [-0.1, -0.05) is 0 Å². The Morgan fingerprint density at radius 2 is 1.76 bits per heavy atom. The summed E-state index contributed by atoms with van der Waals surface area (Å²) in [5, 5.41) is 27.5. The molecule has 17 heavy (non-hydrogen) atoms. The van der Waals surface area contributed by atoms with Gasteiger partial charge in [0.25, 0.3) is 0 Å². The molecule has 1 rings (SSSR count). The Kier molecular flexibility index (Phi) is 4.30. The quantitative estimate of drug-likeness (QED) is 0.626. The molecule has 0 bridgehead atoms. The number of ketones is 1. The molecule has 3 N–H and O–H groups in total. The van der Waals surface area contributed by atoms with Crippen molar-refractivity contribution in [2.24, 2.45) is 0 Å². The molecule has 0 radical (unpaired) electrons. The van der Waals surface area contributed by atoms with Crippen LogP contribution in [0, 0.1) is 0 Å². The zero-order valence-corrected chi connectivity index (χ0v) is 9.51. The van der Waals surface area contributed by atoms with E-state index >= 15 is 0 Å². The third kappa shape index (κ3) is 2.66. The molecule has 0 aliphatic carbocycles. The second kappa shape index (κ2) is 5.51. The number of hydrogen-bond donors (Lipinski definition) is 3. The van der Waals surface area contributed by atoms with Crippen molar-refractivity contribution in [3.63, 3.8) is 0 Å². The number of hydrogen-bond acceptors (Lipinski definition) is 6. The molecule has 0 amide bonds. The molecule has 6 nitrogen and oxygen atoms in total. The number of rotatable bonds is 5. The molecule has 0 aliphatic heterocycles. The van der Waals surface area contributed by atoms with Crippen LogP contribution in [-0.4, -0.2) is 48.0 Å². The van der Waals surface area contributed by atoms with E-state index in [0.717, 1.165) is 0 Å². The third-order valence-electron chi connectivity index (χ3n) is 2.24. The zero-order chi connectivity index (χ0) is 13.0. The first-order valence-electron chi connectivity index (χ1n) is 4.83. The first kappa shape index (κ1) is 13.3. The maximum Gasteiger partial charge on any atom is 0.200 e. The number of benzene rings is 1. The van der Waals surface area contributed by atoms with Crippen LogP contribution in [0.1, 0.15) is 10.4 Å². The predicted molar refractivity (Wildman–Crippen MR) is 58.6 cm³/mol. The van der Waals surface area contributed by atoms with Crippen LogP contribution in [0.25, 0.3) is 0 Å². The summed E-state index contributed by atoms with van der Waals surface area (Å²) in [5.74, 6) is -0.801. The van der Waals surface area contributed by atoms with Crippen molar-refractivity contribution in [1.29, 1.82) is 0 Å². The highest BCUT2D eigenvalue weighted by atomic mass is 16.5. The van der Waals surface area contributed by atoms with Gasteiger partial charge in [0.15, 0.2) is 17.3 Å². The highest BCUT2D eigenvalue weighted by molar-refractivity contribution is 6.00. The van der Waals surface area contributed by atoms with Crippen molar-refractivity contribution in [2.45, 2.75) is 6.10 Å². The normalized spacial score (nSPS) is 12.0. The Hall–Kier alpha value is -1.79. The minimum Gasteiger partial charge on any atom is -0.502 e. The number of aliphatic hydroxyl groups is 2. The van der Waals surface area contributed by atoms with E-state index in [9.17, 15) is 15.0 Å². The van der Waals surface area contributed by atoms with Crippen LogP contribution in [0.4, 0.5) is 0 Å². The first-order valence-corrected chi connectivity index (χ1v) is 4.83. The van der Waals surface area contributed by atoms with E-state index < -0.39 is 18.5 Å². The summed E-state index contributed by atoms with van der Waals surface area (Å²) in [5.41, 5.74) is 0.0815. The lowest BCUT2D eigenvalue weighted by atomic mass is 10.1. The van der Waals surface area contributed by atoms with Crippen molar-refractivity contribution in [3.05, 3.63) is 17.7 Å². The highest BCUT2D eigenvalue weighted by Crippen LogP contribution is 2.37. The van der Waals surface area contributed by atoms with Crippen LogP contribution in [0.5, 0.6) is 17.2 Å². The number of aromatic hydroxyl groups is 1. The Bertz CT molecular complexity index is 389. The van der Waals surface area contributed by atoms with Gasteiger partial charge in [-0.2, -0.15) is 0 Å². The molecule has 1 aromatic carbocycles. The number of Topliss-reactive ketones (excluding diaryl/α,β-unsaturated/α-hetero) is 1. The summed E-state index contributed by atoms with van der Waals surface area (Å²) in [6.07, 6.45) is -1.51. The summed E-state index contributed by atoms with van der Waals surface area (Å²) in [6.45, 7) is -0.676. The van der Waals surface area contributed by atoms with E-state index in [1.807, 2.05) is 0 Å². The molecule has 0 heterocycles. The van der Waals surface area contributed by atoms with E-state index in [4.69, 9.17) is 14.6 Å². The predicted octanol–water partition coefficient (Wildman–Crippen LogP) is -0.0547. The smallest absolute Gasteiger partial charge is 0.200 e. The first-order chi connectivity index (χ1) is 8.04. The molecule has 0 aliphatic rings. The van der Waals surface area contributed by atoms with E-state index in [0.29, 0.717) is 0 Å². The Morgan fingerprint density at radius 3 is 2.12 bits per heavy atom. The second-order valence-electron chi connectivity index (χ2n) is 3.29. The van der Waals surface area contributed by atoms with Gasteiger partial charge in [-0.25, -0.2) is 0 Å². The molecule has 6 heteroatoms. The molecule has 0 fully saturated rings. The Morgan fingerprint density at radius 1 is 1.29 bits per heavy atom. The van der Waals surface area contributed by atoms with Gasteiger partial charge in [0.2, 0.25) is 5.75 Å². The highest BCUT2D eigenvalue weighted by Gasteiger charge is 2.20. The van der Waals surface area contributed by atoms with Crippen LogP contribution in [0.2, 0.25) is 0 Å². The number of phenols is 1. The summed E-state index contributed by atoms with van der Waals surface area (Å²) >= 11 is 0. The standard InChI is InChI=1S/C11H14O6/c1-16-8-3-6(10(14)7(13)5-12)4-9(17-2)11(8)15/h3-4,7,12-13,15H,5H2,1-2H3/t7-/m0/s1. The van der Waals surface area contributed by atoms with Crippen LogP contribution in [0.15, 0.2) is 12.1 Å². The molecule has 0 saturated carbocycles. The molecule has 1 atom stereocenters. The zero-order valence-electron chi connectivity index (χ0n) is 9.51. The maximum atomic E-state index is 11.6. The van der Waals surface area contributed by atoms with Crippen molar-refractivity contribution < 1.29 is 29.6 Å². The minimum absolute atomic E-state index is 0.0536. The number of phenolic OH excluding ortho intramolecular Hbond substituents is 1. The van der Waals surface area contributed by atoms with Crippen LogP contribution in [0.3, 0.4) is 0 Å². The molecule has 94 valence electrons. The second-order valence-corrected chi connectivity index (χ2v) is 3.29. The number of carbonyl (C=O) groups excluding carboxylic acids is 1. The van der Waals surface area contributed by atoms with Gasteiger partial charge >= 0.3 is 0 Å². The Labute approximate surface area is 98.0 Å². The lowest BCUT2D eigenvalue weighted by Crippen LogP contribution is -2.24. The van der Waals surface area contributed by atoms with Crippen LogP contribution < -0.4 is 9.47 Å². The van der Waals surface area contributed by atoms with Gasteiger partial charge in [0.05, 0.1) is 20.8 Å². The van der Waals surface area contributed by atoms with Crippen molar-refractivity contribution in [3.8, 4) is 17.2 Å². The van der Waals surface area contributed by atoms with Crippen molar-refractivity contribution in [1.82, 2.24) is 0 Å². The lowest BCUT2D eigenvalue weighted by Gasteiger charge is -2.12. The molecule has 0 unspecified atom stereocenters. The summed E-state index contributed by atoms with van der Waals surface area (Å²) in [6, 6.07) is 2.53. The fourth-order valence-corrected chi connectivity index (χ4v) is 1.31. The van der Waals surface area contributed by atoms with Gasteiger partial charge in [-0.3, -0.25) is 4.79 Å². The summed E-state index contributed by atoms with van der Waals surface area (Å²) in [4.78, 5) is 11.6. The molecule has 0 aromatic heterocycles. The molecular weight excluding hydrogens is 228 g/mol. The number of carbonyl (C=O) groups is 1. The van der Waals surface area contributed by atoms with Gasteiger partial charge < -0.3 is 24.8 Å². The van der Waals surface area contributed by atoms with Crippen molar-refractivity contribution in [2.75, 3.05) is 20.8 Å². The summed E-state index contributed by atoms with van der Waals surface area (Å²) < 4.78 is 9.73. The average molecular weight is 242 g/mol. The fraction of sp³-hybridized carbons (Fsp3) is 0.364. The SMILES string of the molecule is COc1cc(C(=O)[C@@H](O)CO)cc(OC)c1O. The Balaban J connectivity index is 3.22. The minimum atomic E-state index is -1.51. The maximum absolute atomic E-state index is 11.6. The number of aliphatic hydroxyl groups excluding tert-OH is 2. The van der Waals surface area contributed by atoms with Crippen LogP contribution >= 0.6 is 0 Å². The van der Waals surface area contributed by atoms with E-state index in [2.05, 4.69) is 0 Å². The van der Waals surface area contributed by atoms with E-state index in [1.165, 1.54) is 26.4 Å². The molecular formula is C11H14O6. The topological polar surface area (TPSA) is 96.2 Å².